The van der Waals surface area contributed by atoms with Gasteiger partial charge in [0.15, 0.2) is 0 Å². The lowest BCUT2D eigenvalue weighted by atomic mass is 10.1. The molecule has 1 aromatic carbocycles. The fourth-order valence-corrected chi connectivity index (χ4v) is 6.62. The van der Waals surface area contributed by atoms with Crippen molar-refractivity contribution < 1.29 is 26.3 Å². The highest BCUT2D eigenvalue weighted by Crippen LogP contribution is 2.40. The molecule has 1 atom stereocenters. The normalized spacial score (nSPS) is 18.4. The molecule has 0 aliphatic carbocycles. The van der Waals surface area contributed by atoms with Crippen molar-refractivity contribution in [1.82, 2.24) is 4.90 Å². The Hall–Kier alpha value is -0.820. The van der Waals surface area contributed by atoms with Gasteiger partial charge in [-0.1, -0.05) is 0 Å². The predicted octanol–water partition coefficient (Wildman–Crippen LogP) is 5.18. The number of nitrogens with one attached hydrogen (secondary N) is 1. The maximum absolute atomic E-state index is 13.3. The number of benzene rings is 1. The monoisotopic (exact) mass is 562 g/mol. The van der Waals surface area contributed by atoms with E-state index in [2.05, 4.69) is 36.6 Å². The van der Waals surface area contributed by atoms with Crippen LogP contribution in [0.2, 0.25) is 0 Å². The first-order chi connectivity index (χ1) is 13.0. The number of rotatable bonds is 5. The van der Waals surface area contributed by atoms with E-state index in [9.17, 15) is 21.6 Å². The van der Waals surface area contributed by atoms with Crippen molar-refractivity contribution in [2.45, 2.75) is 22.9 Å². The quantitative estimate of drug-likeness (QED) is 0.545. The lowest BCUT2D eigenvalue weighted by molar-refractivity contribution is -0.139. The van der Waals surface area contributed by atoms with Crippen molar-refractivity contribution in [2.75, 3.05) is 24.9 Å². The lowest BCUT2D eigenvalue weighted by Gasteiger charge is -2.19. The first-order valence-corrected chi connectivity index (χ1v) is 11.9. The molecule has 154 valence electrons. The summed E-state index contributed by atoms with van der Waals surface area (Å²) in [6.07, 6.45) is -4.40. The number of hydrogen-bond acceptors (Lipinski definition) is 5. The van der Waals surface area contributed by atoms with Crippen LogP contribution < -0.4 is 9.46 Å². The maximum Gasteiger partial charge on any atom is 0.419 e. The van der Waals surface area contributed by atoms with Gasteiger partial charge in [0.05, 0.1) is 15.0 Å². The number of likely N-dealkylation sites (tertiary alicyclic amines) is 1. The van der Waals surface area contributed by atoms with Gasteiger partial charge in [0.2, 0.25) is 0 Å². The molecule has 0 spiro atoms. The Bertz CT molecular complexity index is 960. The Kier molecular flexibility index (Phi) is 6.35. The molecular formula is C16H15Br2F3N2O3S2. The number of likely N-dealkylation sites (N-methyl/N-ethyl adjacent to an activating group) is 1. The summed E-state index contributed by atoms with van der Waals surface area (Å²) in [7, 11) is -2.10. The van der Waals surface area contributed by atoms with Gasteiger partial charge in [-0.2, -0.15) is 13.2 Å². The molecule has 1 N–H and O–H groups in total. The first kappa shape index (κ1) is 21.9. The van der Waals surface area contributed by atoms with Crippen molar-refractivity contribution in [2.24, 2.45) is 0 Å². The summed E-state index contributed by atoms with van der Waals surface area (Å²) in [5, 5.41) is 0. The number of nitrogens with zero attached hydrogens (tertiary/aromatic N) is 1. The molecule has 1 aliphatic heterocycles. The van der Waals surface area contributed by atoms with Gasteiger partial charge in [-0.15, -0.1) is 11.3 Å². The van der Waals surface area contributed by atoms with Crippen molar-refractivity contribution in [3.05, 3.63) is 38.1 Å². The van der Waals surface area contributed by atoms with Gasteiger partial charge in [-0.05, 0) is 63.5 Å². The molecule has 0 amide bonds. The average molecular weight is 564 g/mol. The minimum absolute atomic E-state index is 0.00463. The molecule has 28 heavy (non-hydrogen) atoms. The van der Waals surface area contributed by atoms with Crippen LogP contribution >= 0.6 is 43.2 Å². The van der Waals surface area contributed by atoms with Gasteiger partial charge in [0, 0.05) is 23.6 Å². The SMILES string of the molecule is CN1CCC(Oc2cc(NS(=O)(=O)c3cc(Br)c(Br)s3)ccc2C(F)(F)F)C1. The van der Waals surface area contributed by atoms with E-state index in [1.807, 2.05) is 11.9 Å². The van der Waals surface area contributed by atoms with Crippen LogP contribution in [0.1, 0.15) is 12.0 Å². The van der Waals surface area contributed by atoms with E-state index in [1.165, 1.54) is 6.07 Å². The van der Waals surface area contributed by atoms with E-state index >= 15 is 0 Å². The second-order valence-electron chi connectivity index (χ2n) is 6.29. The van der Waals surface area contributed by atoms with Crippen LogP contribution in [0.25, 0.3) is 0 Å². The number of hydrogen-bond donors (Lipinski definition) is 1. The zero-order chi connectivity index (χ0) is 20.7. The van der Waals surface area contributed by atoms with E-state index in [0.29, 0.717) is 21.2 Å². The average Bonchev–Trinajstić information content (AvgIpc) is 3.12. The second-order valence-corrected chi connectivity index (χ2v) is 11.4. The van der Waals surface area contributed by atoms with Gasteiger partial charge >= 0.3 is 6.18 Å². The predicted molar refractivity (Wildman–Crippen MR) is 109 cm³/mol. The minimum atomic E-state index is -4.61. The standard InChI is InChI=1S/C16H15Br2F3N2O3S2/c1-23-5-4-10(8-23)26-13-6-9(2-3-11(13)16(19,20)21)22-28(24,25)14-7-12(17)15(18)27-14/h2-3,6-7,10,22H,4-5,8H2,1H3. The molecular weight excluding hydrogens is 549 g/mol. The summed E-state index contributed by atoms with van der Waals surface area (Å²) in [5.74, 6) is -0.387. The van der Waals surface area contributed by atoms with E-state index in [0.717, 1.165) is 36.1 Å². The third-order valence-corrected chi connectivity index (χ3v) is 9.18. The molecule has 2 heterocycles. The van der Waals surface area contributed by atoms with Crippen LogP contribution in [0.3, 0.4) is 0 Å². The first-order valence-electron chi connectivity index (χ1n) is 8.00. The zero-order valence-corrected chi connectivity index (χ0v) is 19.2. The molecule has 0 radical (unpaired) electrons. The number of thiophene rings is 1. The Morgan fingerprint density at radius 2 is 2.00 bits per heavy atom. The highest BCUT2D eigenvalue weighted by atomic mass is 79.9. The van der Waals surface area contributed by atoms with Crippen LogP contribution in [0.5, 0.6) is 5.75 Å². The molecule has 2 aromatic rings. The Balaban J connectivity index is 1.90. The Morgan fingerprint density at radius 3 is 2.54 bits per heavy atom. The second kappa shape index (κ2) is 8.13. The largest absolute Gasteiger partial charge is 0.488 e. The van der Waals surface area contributed by atoms with Crippen LogP contribution in [0, 0.1) is 0 Å². The van der Waals surface area contributed by atoms with Gasteiger partial charge in [0.1, 0.15) is 16.1 Å². The lowest BCUT2D eigenvalue weighted by Crippen LogP contribution is -2.23. The van der Waals surface area contributed by atoms with Crippen molar-refractivity contribution in [3.8, 4) is 5.75 Å². The van der Waals surface area contributed by atoms with Crippen molar-refractivity contribution in [1.29, 1.82) is 0 Å². The van der Waals surface area contributed by atoms with Crippen LogP contribution in [0.15, 0.2) is 36.7 Å². The van der Waals surface area contributed by atoms with E-state index in [1.54, 1.807) is 0 Å². The summed E-state index contributed by atoms with van der Waals surface area (Å²) in [4.78, 5) is 1.96. The van der Waals surface area contributed by atoms with Gasteiger partial charge < -0.3 is 9.64 Å². The molecule has 1 saturated heterocycles. The van der Waals surface area contributed by atoms with Crippen LogP contribution in [-0.2, 0) is 16.2 Å². The van der Waals surface area contributed by atoms with E-state index in [4.69, 9.17) is 4.74 Å². The molecule has 1 fully saturated rings. The molecule has 12 heteroatoms. The van der Waals surface area contributed by atoms with Gasteiger partial charge in [0.25, 0.3) is 10.0 Å². The van der Waals surface area contributed by atoms with Crippen molar-refractivity contribution in [3.63, 3.8) is 0 Å². The Labute approximate surface area is 181 Å². The summed E-state index contributed by atoms with van der Waals surface area (Å²) < 4.78 is 74.2. The van der Waals surface area contributed by atoms with Crippen LogP contribution in [0.4, 0.5) is 18.9 Å². The highest BCUT2D eigenvalue weighted by Gasteiger charge is 2.36. The fraction of sp³-hybridized carbons (Fsp3) is 0.375. The zero-order valence-electron chi connectivity index (χ0n) is 14.4. The molecule has 3 rings (SSSR count). The smallest absolute Gasteiger partial charge is 0.419 e. The Morgan fingerprint density at radius 1 is 1.29 bits per heavy atom. The van der Waals surface area contributed by atoms with E-state index < -0.39 is 21.8 Å². The summed E-state index contributed by atoms with van der Waals surface area (Å²) >= 11 is 7.42. The summed E-state index contributed by atoms with van der Waals surface area (Å²) in [6.45, 7) is 1.23. The molecule has 0 saturated carbocycles. The molecule has 1 aromatic heterocycles. The third kappa shape index (κ3) is 5.02. The topological polar surface area (TPSA) is 58.6 Å². The number of halogens is 5. The maximum atomic E-state index is 13.3. The molecule has 0 bridgehead atoms. The fourth-order valence-electron chi connectivity index (χ4n) is 2.75. The van der Waals surface area contributed by atoms with Gasteiger partial charge in [-0.3, -0.25) is 4.72 Å². The van der Waals surface area contributed by atoms with Crippen molar-refractivity contribution >= 4 is 58.9 Å². The molecule has 5 nitrogen and oxygen atoms in total. The summed E-state index contributed by atoms with van der Waals surface area (Å²) in [6, 6.07) is 4.39. The summed E-state index contributed by atoms with van der Waals surface area (Å²) in [5.41, 5.74) is -0.943. The third-order valence-electron chi connectivity index (χ3n) is 4.07. The molecule has 1 unspecified atom stereocenters. The van der Waals surface area contributed by atoms with Gasteiger partial charge in [-0.25, -0.2) is 8.42 Å². The molecule has 1 aliphatic rings. The van der Waals surface area contributed by atoms with E-state index in [-0.39, 0.29) is 21.8 Å². The number of ether oxygens (including phenoxy) is 1. The van der Waals surface area contributed by atoms with Crippen LogP contribution in [-0.4, -0.2) is 39.6 Å². The number of sulfonamides is 1. The number of alkyl halides is 3. The minimum Gasteiger partial charge on any atom is -0.488 e. The highest BCUT2D eigenvalue weighted by molar-refractivity contribution is 9.13. The number of anilines is 1.